The second kappa shape index (κ2) is 28.9. The number of imide groups is 1. The topological polar surface area (TPSA) is 363 Å². The van der Waals surface area contributed by atoms with Crippen molar-refractivity contribution in [2.45, 2.75) is 134 Å². The molecule has 6 aliphatic rings. The zero-order valence-corrected chi connectivity index (χ0v) is 56.0. The van der Waals surface area contributed by atoms with E-state index in [9.17, 15) is 59.1 Å². The minimum absolute atomic E-state index is 0.0348. The number of aliphatic hydroxyl groups excluding tert-OH is 3. The number of rotatable bonds is 29. The molecule has 0 radical (unpaired) electrons. The molecule has 2 unspecified atom stereocenters. The molecule has 3 aromatic carbocycles. The first-order valence-corrected chi connectivity index (χ1v) is 33.8. The van der Waals surface area contributed by atoms with E-state index in [-0.39, 0.29) is 115 Å². The van der Waals surface area contributed by atoms with Crippen molar-refractivity contribution in [1.29, 1.82) is 0 Å². The zero-order valence-electron chi connectivity index (χ0n) is 55.2. The summed E-state index contributed by atoms with van der Waals surface area (Å²) in [5.41, 5.74) is 3.80. The number of aromatic carboxylic acids is 1. The predicted molar refractivity (Wildman–Crippen MR) is 358 cm³/mol. The van der Waals surface area contributed by atoms with E-state index in [0.717, 1.165) is 54.4 Å². The number of carboxylic acid groups (broad SMARTS) is 2. The van der Waals surface area contributed by atoms with Crippen LogP contribution in [-0.2, 0) is 51.3 Å². The number of amides is 5. The standard InChI is InChI=1S/C71H79N9O18S/c1-41-48(45-16-18-49(75-57(45)63(88)89)42-14-17-50-47(30-42)46(21-22-72-50)62(87)77-66-76-51-10-7-8-11-53(51)99-66)32-74-80(41)40-70-35-68(2)34-69(3,36-70)38-71(37-68,39-70)96-27-25-78(4)67(92)95-33-43-13-15-44(31-52(43)97-65-60(86)58(84)59(85)61(98-65)64(90)91)94-29-28-93-26-23-73-54(81)12-6-5-9-24-79-55(82)19-20-56(79)83/h7-8,10-11,13-22,30-32,58-61,65,84-86H,5-6,9,12,23-29,33-40H2,1-4H3,(H,73,81)(H,88,89)(H,90,91)(H,76,77,87)/t58-,59-,60+,61-,65+,68?,69?,70?,71?/m0/s1. The average Bonchev–Trinajstić information content (AvgIpc) is 0.802. The molecule has 6 heterocycles. The van der Waals surface area contributed by atoms with Gasteiger partial charge in [-0.2, -0.15) is 5.10 Å². The van der Waals surface area contributed by atoms with Gasteiger partial charge < -0.3 is 64.2 Å². The summed E-state index contributed by atoms with van der Waals surface area (Å²) in [6.07, 6.45) is 2.88. The normalized spacial score (nSPS) is 24.6. The molecule has 27 nitrogen and oxygen atoms in total. The number of benzene rings is 3. The summed E-state index contributed by atoms with van der Waals surface area (Å²) >= 11 is 1.37. The molecule has 0 spiro atoms. The monoisotopic (exact) mass is 1380 g/mol. The Hall–Kier alpha value is -9.29. The summed E-state index contributed by atoms with van der Waals surface area (Å²) in [6, 6.07) is 22.7. The minimum atomic E-state index is -1.97. The van der Waals surface area contributed by atoms with Gasteiger partial charge in [0.05, 0.1) is 58.6 Å². The molecule has 4 bridgehead atoms. The Morgan fingerprint density at radius 1 is 0.798 bits per heavy atom. The molecule has 4 aromatic heterocycles. The number of aliphatic carboxylic acids is 1. The van der Waals surface area contributed by atoms with E-state index in [4.69, 9.17) is 38.5 Å². The zero-order chi connectivity index (χ0) is 70.0. The number of aliphatic hydroxyl groups is 3. The van der Waals surface area contributed by atoms with E-state index in [2.05, 4.69) is 34.4 Å². The number of aromatic nitrogens is 5. The number of nitrogens with zero attached hydrogens (tertiary/aromatic N) is 7. The fourth-order valence-corrected chi connectivity index (χ4v) is 16.7. The van der Waals surface area contributed by atoms with Crippen LogP contribution in [0.1, 0.15) is 110 Å². The summed E-state index contributed by atoms with van der Waals surface area (Å²) < 4.78 is 38.6. The maximum Gasteiger partial charge on any atom is 0.409 e. The Morgan fingerprint density at radius 3 is 2.33 bits per heavy atom. The van der Waals surface area contributed by atoms with E-state index >= 15 is 0 Å². The Labute approximate surface area is 573 Å². The van der Waals surface area contributed by atoms with E-state index in [1.807, 2.05) is 35.9 Å². The third-order valence-electron chi connectivity index (χ3n) is 19.3. The molecular weight excluding hydrogens is 1300 g/mol. The molecule has 28 heteroatoms. The van der Waals surface area contributed by atoms with Crippen molar-refractivity contribution >= 4 is 79.2 Å². The predicted octanol–water partition coefficient (Wildman–Crippen LogP) is 7.70. The Kier molecular flexibility index (Phi) is 20.3. The number of fused-ring (bicyclic) bond motifs is 2. The van der Waals surface area contributed by atoms with Crippen molar-refractivity contribution in [3.63, 3.8) is 0 Å². The van der Waals surface area contributed by atoms with E-state index in [1.54, 1.807) is 61.9 Å². The van der Waals surface area contributed by atoms with Crippen LogP contribution in [0, 0.1) is 23.2 Å². The molecule has 5 amide bonds. The maximum atomic E-state index is 13.8. The molecule has 7 atom stereocenters. The van der Waals surface area contributed by atoms with Crippen LogP contribution in [0.15, 0.2) is 103 Å². The number of unbranched alkanes of at least 4 members (excludes halogenated alkanes) is 2. The molecular formula is C71H79N9O18S. The van der Waals surface area contributed by atoms with Crippen LogP contribution in [0.5, 0.6) is 11.5 Å². The Bertz CT molecular complexity index is 4220. The molecule has 5 fully saturated rings. The summed E-state index contributed by atoms with van der Waals surface area (Å²) in [5.74, 6) is -3.85. The van der Waals surface area contributed by atoms with Gasteiger partial charge in [0.1, 0.15) is 43.0 Å². The molecule has 4 saturated carbocycles. The number of nitrogens with one attached hydrogen (secondary N) is 2. The number of hydrogen-bond acceptors (Lipinski definition) is 21. The van der Waals surface area contributed by atoms with Gasteiger partial charge in [-0.05, 0) is 129 Å². The quantitative estimate of drug-likeness (QED) is 0.0174. The van der Waals surface area contributed by atoms with Crippen LogP contribution in [0.4, 0.5) is 9.93 Å². The highest BCUT2D eigenvalue weighted by atomic mass is 32.1. The fraction of sp³-hybridized carbons (Fsp3) is 0.451. The first kappa shape index (κ1) is 69.6. The van der Waals surface area contributed by atoms with Crippen LogP contribution < -0.4 is 20.1 Å². The number of carbonyl (C=O) groups is 7. The number of carboxylic acids is 2. The smallest absolute Gasteiger partial charge is 0.409 e. The maximum absolute atomic E-state index is 13.8. The number of likely N-dealkylation sites (N-methyl/N-ethyl adjacent to an activating group) is 1. The second-order valence-corrected chi connectivity index (χ2v) is 28.4. The number of anilines is 1. The van der Waals surface area contributed by atoms with Gasteiger partial charge in [0, 0.05) is 97.4 Å². The largest absolute Gasteiger partial charge is 0.491 e. The van der Waals surface area contributed by atoms with Crippen molar-refractivity contribution in [3.05, 3.63) is 126 Å². The van der Waals surface area contributed by atoms with Gasteiger partial charge in [-0.1, -0.05) is 49.8 Å². The molecule has 99 heavy (non-hydrogen) atoms. The van der Waals surface area contributed by atoms with Gasteiger partial charge in [0.25, 0.3) is 17.7 Å². The average molecular weight is 1380 g/mol. The number of ether oxygens (including phenoxy) is 6. The number of thiazole rings is 1. The second-order valence-electron chi connectivity index (χ2n) is 27.3. The fourth-order valence-electron chi connectivity index (χ4n) is 15.9. The summed E-state index contributed by atoms with van der Waals surface area (Å²) in [5, 5.41) is 63.9. The molecule has 4 aliphatic carbocycles. The van der Waals surface area contributed by atoms with E-state index < -0.39 is 54.3 Å². The van der Waals surface area contributed by atoms with Gasteiger partial charge in [-0.3, -0.25) is 39.1 Å². The van der Waals surface area contributed by atoms with Crippen LogP contribution in [-0.4, -0.2) is 191 Å². The highest BCUT2D eigenvalue weighted by Gasteiger charge is 2.66. The lowest BCUT2D eigenvalue weighted by atomic mass is 9.39. The first-order valence-electron chi connectivity index (χ1n) is 33.0. The van der Waals surface area contributed by atoms with Crippen LogP contribution in [0.25, 0.3) is 43.5 Å². The van der Waals surface area contributed by atoms with Crippen molar-refractivity contribution in [1.82, 2.24) is 39.8 Å². The first-order chi connectivity index (χ1) is 47.4. The van der Waals surface area contributed by atoms with Gasteiger partial charge in [0.15, 0.2) is 16.9 Å². The molecule has 7 aromatic rings. The van der Waals surface area contributed by atoms with Crippen LogP contribution in [0.3, 0.4) is 0 Å². The summed E-state index contributed by atoms with van der Waals surface area (Å²) in [7, 11) is 1.58. The Morgan fingerprint density at radius 2 is 1.58 bits per heavy atom. The van der Waals surface area contributed by atoms with Crippen molar-refractivity contribution < 1.29 is 87.5 Å². The highest BCUT2D eigenvalue weighted by molar-refractivity contribution is 7.22. The number of carbonyl (C=O) groups excluding carboxylic acids is 5. The lowest BCUT2D eigenvalue weighted by Gasteiger charge is -2.69. The summed E-state index contributed by atoms with van der Waals surface area (Å²) in [4.78, 5) is 105. The molecule has 13 rings (SSSR count). The van der Waals surface area contributed by atoms with E-state index in [0.29, 0.717) is 76.3 Å². The van der Waals surface area contributed by atoms with Crippen molar-refractivity contribution in [2.75, 3.05) is 58.4 Å². The number of hydrogen-bond donors (Lipinski definition) is 7. The van der Waals surface area contributed by atoms with Gasteiger partial charge in [-0.15, -0.1) is 0 Å². The van der Waals surface area contributed by atoms with Crippen molar-refractivity contribution in [2.24, 2.45) is 16.2 Å². The van der Waals surface area contributed by atoms with Gasteiger partial charge >= 0.3 is 18.0 Å². The lowest BCUT2D eigenvalue weighted by Crippen LogP contribution is -2.64. The number of para-hydroxylation sites is 1. The van der Waals surface area contributed by atoms with Crippen LogP contribution >= 0.6 is 11.3 Å². The highest BCUT2D eigenvalue weighted by Crippen LogP contribution is 2.72. The summed E-state index contributed by atoms with van der Waals surface area (Å²) in [6.45, 7) is 8.01. The van der Waals surface area contributed by atoms with Crippen molar-refractivity contribution in [3.8, 4) is 33.9 Å². The third-order valence-corrected chi connectivity index (χ3v) is 20.2. The van der Waals surface area contributed by atoms with Gasteiger partial charge in [0.2, 0.25) is 12.2 Å². The molecule has 7 N–H and O–H groups in total. The minimum Gasteiger partial charge on any atom is -0.491 e. The van der Waals surface area contributed by atoms with E-state index in [1.165, 1.54) is 45.4 Å². The SMILES string of the molecule is Cc1c(-c2ccc(-c3ccc4nccc(C(=O)Nc5nc6ccccc6s5)c4c3)nc2C(=O)O)cnn1CC12CC3(C)CC(C)(C1)CC(OCCN(C)C(=O)OCc1ccc(OCCOCCNC(=O)CCCCCN4C(=O)C=CC4=O)cc1O[C@@H]1O[C@H](C(=O)O)[C@@H](O)[C@H](O)[C@H]1O)(C3)C2. The third kappa shape index (κ3) is 15.5. The molecule has 2 aliphatic heterocycles. The van der Waals surface area contributed by atoms with Crippen LogP contribution in [0.2, 0.25) is 0 Å². The molecule has 1 saturated heterocycles. The Balaban J connectivity index is 0.655. The van der Waals surface area contributed by atoms with Gasteiger partial charge in [-0.25, -0.2) is 24.4 Å². The number of pyridine rings is 2. The molecule has 522 valence electrons. The lowest BCUT2D eigenvalue weighted by molar-refractivity contribution is -0.271.